The van der Waals surface area contributed by atoms with E-state index in [0.29, 0.717) is 0 Å². The SMILES string of the molecule is O.O.O.O.[H-].[H-].[K+].[K+].[Ti]. The van der Waals surface area contributed by atoms with E-state index in [4.69, 9.17) is 0 Å². The van der Waals surface area contributed by atoms with E-state index < -0.39 is 0 Å². The van der Waals surface area contributed by atoms with E-state index in [9.17, 15) is 0 Å². The molecular weight excluding hydrogens is 190 g/mol. The minimum Gasteiger partial charge on any atom is -1.00 e. The van der Waals surface area contributed by atoms with Crippen molar-refractivity contribution in [3.8, 4) is 0 Å². The van der Waals surface area contributed by atoms with Crippen LogP contribution in [0.1, 0.15) is 2.85 Å². The second-order valence-corrected chi connectivity index (χ2v) is 0. The van der Waals surface area contributed by atoms with Crippen molar-refractivity contribution in [3.05, 3.63) is 0 Å². The third-order valence-corrected chi connectivity index (χ3v) is 0. The van der Waals surface area contributed by atoms with Crippen molar-refractivity contribution >= 4 is 0 Å². The molecule has 7 heteroatoms. The van der Waals surface area contributed by atoms with Gasteiger partial charge >= 0.3 is 103 Å². The van der Waals surface area contributed by atoms with Crippen molar-refractivity contribution in [3.63, 3.8) is 0 Å². The molecule has 0 aromatic carbocycles. The van der Waals surface area contributed by atoms with Crippen LogP contribution in [0.25, 0.3) is 0 Å². The Balaban J connectivity index is 0. The molecule has 0 atom stereocenters. The molecule has 0 aliphatic rings. The molecule has 0 bridgehead atoms. The van der Waals surface area contributed by atoms with Gasteiger partial charge in [0.05, 0.1) is 0 Å². The Morgan fingerprint density at radius 1 is 0.571 bits per heavy atom. The van der Waals surface area contributed by atoms with Crippen molar-refractivity contribution in [2.45, 2.75) is 0 Å². The van der Waals surface area contributed by atoms with E-state index in [2.05, 4.69) is 0 Å². The van der Waals surface area contributed by atoms with E-state index in [1.165, 1.54) is 0 Å². The Bertz CT molecular complexity index is 16.5. The summed E-state index contributed by atoms with van der Waals surface area (Å²) in [5, 5.41) is 0. The Morgan fingerprint density at radius 3 is 0.571 bits per heavy atom. The fraction of sp³-hybridized carbons (Fsp3) is 0. The van der Waals surface area contributed by atoms with Gasteiger partial charge in [0.1, 0.15) is 0 Å². The summed E-state index contributed by atoms with van der Waals surface area (Å²) in [5.74, 6) is 0. The normalized spacial score (nSPS) is 0. The van der Waals surface area contributed by atoms with Gasteiger partial charge in [-0.2, -0.15) is 0 Å². The monoisotopic (exact) mass is 200 g/mol. The number of hydrogen-bond acceptors (Lipinski definition) is 0. The first-order valence-electron chi connectivity index (χ1n) is 0. The van der Waals surface area contributed by atoms with Crippen LogP contribution in [-0.4, -0.2) is 21.9 Å². The molecule has 0 aliphatic heterocycles. The Morgan fingerprint density at radius 2 is 0.571 bits per heavy atom. The molecule has 0 aromatic rings. The van der Waals surface area contributed by atoms with E-state index in [0.717, 1.165) is 0 Å². The zero-order chi connectivity index (χ0) is 0. The average molecular weight is 200 g/mol. The molecule has 0 fully saturated rings. The second-order valence-electron chi connectivity index (χ2n) is 0. The maximum absolute atomic E-state index is 0. The molecule has 0 unspecified atom stereocenters. The Kier molecular flexibility index (Phi) is 533. The largest absolute Gasteiger partial charge is 1.00 e. The summed E-state index contributed by atoms with van der Waals surface area (Å²) >= 11 is 0. The van der Waals surface area contributed by atoms with Crippen LogP contribution in [-0.2, 0) is 21.7 Å². The molecule has 0 rings (SSSR count). The molecule has 0 aromatic heterocycles. The molecule has 0 saturated carbocycles. The molecule has 0 heterocycles. The van der Waals surface area contributed by atoms with Crippen molar-refractivity contribution in [1.29, 1.82) is 0 Å². The zero-order valence-corrected chi connectivity index (χ0v) is 12.3. The third kappa shape index (κ3) is 41.1. The fourth-order valence-corrected chi connectivity index (χ4v) is 0. The van der Waals surface area contributed by atoms with Crippen molar-refractivity contribution < 1.29 is 149 Å². The summed E-state index contributed by atoms with van der Waals surface area (Å²) in [6.45, 7) is 0. The Hall–Kier alpha value is 3.83. The molecule has 4 nitrogen and oxygen atoms in total. The van der Waals surface area contributed by atoms with Gasteiger partial charge in [-0.25, -0.2) is 0 Å². The van der Waals surface area contributed by atoms with Gasteiger partial charge in [-0.1, -0.05) is 0 Å². The van der Waals surface area contributed by atoms with Gasteiger partial charge in [-0.05, 0) is 0 Å². The van der Waals surface area contributed by atoms with Crippen LogP contribution in [0.5, 0.6) is 0 Å². The van der Waals surface area contributed by atoms with E-state index in [1.807, 2.05) is 0 Å². The molecular formula is H10K2O4Ti. The summed E-state index contributed by atoms with van der Waals surface area (Å²) in [6, 6.07) is 0. The van der Waals surface area contributed by atoms with Crippen LogP contribution < -0.4 is 103 Å². The van der Waals surface area contributed by atoms with Crippen LogP contribution in [0.2, 0.25) is 0 Å². The first-order chi connectivity index (χ1) is 0. The van der Waals surface area contributed by atoms with Gasteiger partial charge in [0.25, 0.3) is 0 Å². The summed E-state index contributed by atoms with van der Waals surface area (Å²) < 4.78 is 0. The number of hydrogen-bond donors (Lipinski definition) is 0. The first-order valence-corrected chi connectivity index (χ1v) is 0. The van der Waals surface area contributed by atoms with Crippen molar-refractivity contribution in [2.75, 3.05) is 0 Å². The van der Waals surface area contributed by atoms with E-state index >= 15 is 0 Å². The summed E-state index contributed by atoms with van der Waals surface area (Å²) in [7, 11) is 0. The number of rotatable bonds is 0. The van der Waals surface area contributed by atoms with Gasteiger partial charge in [0, 0.05) is 21.7 Å². The predicted molar refractivity (Wildman–Crippen MR) is 16.7 cm³/mol. The van der Waals surface area contributed by atoms with Gasteiger partial charge < -0.3 is 24.8 Å². The molecule has 0 radical (unpaired) electrons. The molecule has 0 amide bonds. The van der Waals surface area contributed by atoms with Crippen molar-refractivity contribution in [1.82, 2.24) is 0 Å². The minimum atomic E-state index is 0. The summed E-state index contributed by atoms with van der Waals surface area (Å²) in [6.07, 6.45) is 0. The van der Waals surface area contributed by atoms with Crippen LogP contribution in [0.3, 0.4) is 0 Å². The first kappa shape index (κ1) is 71.4. The maximum atomic E-state index is 0. The zero-order valence-electron chi connectivity index (χ0n) is 6.50. The van der Waals surface area contributed by atoms with Gasteiger partial charge in [-0.3, -0.25) is 0 Å². The van der Waals surface area contributed by atoms with E-state index in [-0.39, 0.29) is 149 Å². The molecule has 40 valence electrons. The smallest absolute Gasteiger partial charge is 1.00 e. The second kappa shape index (κ2) is 52.3. The molecule has 0 saturated heterocycles. The molecule has 0 spiro atoms. The van der Waals surface area contributed by atoms with Gasteiger partial charge in [-0.15, -0.1) is 0 Å². The summed E-state index contributed by atoms with van der Waals surface area (Å²) in [4.78, 5) is 0. The van der Waals surface area contributed by atoms with Gasteiger partial charge in [0.15, 0.2) is 0 Å². The van der Waals surface area contributed by atoms with Crippen LogP contribution in [0.4, 0.5) is 0 Å². The quantitative estimate of drug-likeness (QED) is 0.344. The van der Waals surface area contributed by atoms with Crippen LogP contribution >= 0.6 is 0 Å². The predicted octanol–water partition coefficient (Wildman–Crippen LogP) is -9.07. The average Bonchev–Trinajstić information content (AvgIpc) is 0. The molecule has 8 N–H and O–H groups in total. The fourth-order valence-electron chi connectivity index (χ4n) is 0. The van der Waals surface area contributed by atoms with Gasteiger partial charge in [0.2, 0.25) is 0 Å². The Labute approximate surface area is 145 Å². The summed E-state index contributed by atoms with van der Waals surface area (Å²) in [5.41, 5.74) is 0. The maximum Gasteiger partial charge on any atom is 1.00 e. The molecule has 0 aliphatic carbocycles. The van der Waals surface area contributed by atoms with Crippen LogP contribution in [0, 0.1) is 0 Å². The topological polar surface area (TPSA) is 126 Å². The van der Waals surface area contributed by atoms with Crippen molar-refractivity contribution in [2.24, 2.45) is 0 Å². The van der Waals surface area contributed by atoms with Crippen LogP contribution in [0.15, 0.2) is 0 Å². The molecule has 7 heavy (non-hydrogen) atoms. The van der Waals surface area contributed by atoms with E-state index in [1.54, 1.807) is 0 Å². The third-order valence-electron chi connectivity index (χ3n) is 0. The minimum absolute atomic E-state index is 0. The standard InChI is InChI=1S/2K.4H2O.Ti.2H/h;;4*1H2;;;/q2*+1;;;;;;2*-1.